The molecule has 176 valence electrons. The number of aromatic nitrogens is 1. The van der Waals surface area contributed by atoms with Crippen LogP contribution in [0.1, 0.15) is 5.56 Å². The normalized spacial score (nSPS) is 13.8. The summed E-state index contributed by atoms with van der Waals surface area (Å²) in [7, 11) is -3.89. The molecule has 6 rings (SSSR count). The number of hydrogen-bond acceptors (Lipinski definition) is 1. The van der Waals surface area contributed by atoms with Crippen molar-refractivity contribution in [1.82, 2.24) is 4.98 Å². The molecule has 1 nitrogen and oxygen atoms in total. The fourth-order valence-electron chi connectivity index (χ4n) is 6.10. The highest BCUT2D eigenvalue weighted by Gasteiger charge is 2.48. The Kier molecular flexibility index (Phi) is 5.43. The highest BCUT2D eigenvalue weighted by Crippen LogP contribution is 2.31. The van der Waals surface area contributed by atoms with Gasteiger partial charge in [-0.25, -0.2) is 0 Å². The summed E-state index contributed by atoms with van der Waals surface area (Å²) >= 11 is 0. The van der Waals surface area contributed by atoms with Crippen molar-refractivity contribution in [2.24, 2.45) is 0 Å². The van der Waals surface area contributed by atoms with Gasteiger partial charge in [-0.3, -0.25) is 4.98 Å². The van der Waals surface area contributed by atoms with Gasteiger partial charge in [-0.05, 0) is 55.6 Å². The van der Waals surface area contributed by atoms with Crippen molar-refractivity contribution in [2.75, 3.05) is 0 Å². The van der Waals surface area contributed by atoms with E-state index in [1.165, 1.54) is 48.2 Å². The van der Waals surface area contributed by atoms with E-state index in [0.717, 1.165) is 5.69 Å². The molecule has 2 heterocycles. The molecule has 0 unspecified atom stereocenters. The Bertz CT molecular complexity index is 1530. The first-order chi connectivity index (χ1) is 17.4. The van der Waals surface area contributed by atoms with Crippen LogP contribution in [0, 0.1) is 6.92 Å². The van der Waals surface area contributed by atoms with Crippen molar-refractivity contribution >= 4 is 42.1 Å². The lowest BCUT2D eigenvalue weighted by molar-refractivity contribution is 1.30. The van der Waals surface area contributed by atoms with Crippen molar-refractivity contribution in [3.63, 3.8) is 0 Å². The summed E-state index contributed by atoms with van der Waals surface area (Å²) in [4.78, 5) is 4.99. The number of benzene rings is 4. The molecule has 0 aliphatic carbocycles. The summed E-state index contributed by atoms with van der Waals surface area (Å²) in [6.45, 7) is 9.42. The molecule has 0 atom stereocenters. The predicted octanol–water partition coefficient (Wildman–Crippen LogP) is 4.96. The maximum atomic E-state index is 4.99. The van der Waals surface area contributed by atoms with E-state index in [-0.39, 0.29) is 0 Å². The van der Waals surface area contributed by atoms with Crippen molar-refractivity contribution in [3.8, 4) is 22.4 Å². The molecule has 0 fully saturated rings. The first kappa shape index (κ1) is 22.9. The third kappa shape index (κ3) is 3.46. The van der Waals surface area contributed by atoms with Crippen LogP contribution in [-0.2, 0) is 0 Å². The summed E-state index contributed by atoms with van der Waals surface area (Å²) in [5.74, 6) is 0. The van der Waals surface area contributed by atoms with Crippen molar-refractivity contribution in [3.05, 3.63) is 121 Å². The van der Waals surface area contributed by atoms with Crippen LogP contribution in [0.5, 0.6) is 0 Å². The molecule has 36 heavy (non-hydrogen) atoms. The molecular formula is C33H31NSi2. The van der Waals surface area contributed by atoms with E-state index >= 15 is 0 Å². The molecule has 0 radical (unpaired) electrons. The molecule has 1 aliphatic heterocycles. The topological polar surface area (TPSA) is 12.9 Å². The van der Waals surface area contributed by atoms with Crippen LogP contribution in [0.3, 0.4) is 0 Å². The average Bonchev–Trinajstić information content (AvgIpc) is 3.19. The highest BCUT2D eigenvalue weighted by atomic mass is 28.3. The molecule has 1 aromatic heterocycles. The number of nitrogens with zero attached hydrogens (tertiary/aromatic N) is 1. The number of fused-ring (bicyclic) bond motifs is 3. The maximum absolute atomic E-state index is 4.99. The smallest absolute Gasteiger partial charge is 0.180 e. The van der Waals surface area contributed by atoms with E-state index < -0.39 is 16.1 Å². The molecule has 4 aromatic carbocycles. The molecule has 0 saturated carbocycles. The van der Waals surface area contributed by atoms with E-state index in [1.54, 1.807) is 0 Å². The fourth-order valence-corrected chi connectivity index (χ4v) is 13.0. The third-order valence-corrected chi connectivity index (χ3v) is 14.7. The minimum Gasteiger partial charge on any atom is -0.256 e. The number of pyridine rings is 1. The summed E-state index contributed by atoms with van der Waals surface area (Å²) in [6.07, 6.45) is 2.14. The standard InChI is InChI=1S/C33H31NSi2/c1-24-21-30(34-23-33(24)35(2,3)4)25-19-20-29-28-17-11-12-18-31(28)36(32(29)22-25,26-13-7-5-8-14-26)27-15-9-6-10-16-27/h5-23H,1-4H3. The van der Waals surface area contributed by atoms with Gasteiger partial charge in [0.25, 0.3) is 0 Å². The molecule has 0 bridgehead atoms. The molecule has 5 aromatic rings. The Hall–Kier alpha value is -3.54. The van der Waals surface area contributed by atoms with Crippen LogP contribution in [-0.4, -0.2) is 21.1 Å². The predicted molar refractivity (Wildman–Crippen MR) is 160 cm³/mol. The van der Waals surface area contributed by atoms with Crippen LogP contribution in [0.4, 0.5) is 0 Å². The van der Waals surface area contributed by atoms with Crippen molar-refractivity contribution in [1.29, 1.82) is 0 Å². The molecule has 3 heteroatoms. The van der Waals surface area contributed by atoms with Gasteiger partial charge >= 0.3 is 0 Å². The Morgan fingerprint density at radius 2 is 1.19 bits per heavy atom. The van der Waals surface area contributed by atoms with E-state index in [1.807, 2.05) is 0 Å². The van der Waals surface area contributed by atoms with Gasteiger partial charge in [-0.1, -0.05) is 123 Å². The summed E-state index contributed by atoms with van der Waals surface area (Å²) in [6, 6.07) is 40.8. The van der Waals surface area contributed by atoms with Crippen LogP contribution in [0.25, 0.3) is 22.4 Å². The highest BCUT2D eigenvalue weighted by molar-refractivity contribution is 7.22. The zero-order valence-electron chi connectivity index (χ0n) is 21.4. The van der Waals surface area contributed by atoms with Crippen molar-refractivity contribution in [2.45, 2.75) is 26.6 Å². The third-order valence-electron chi connectivity index (χ3n) is 7.67. The van der Waals surface area contributed by atoms with E-state index in [4.69, 9.17) is 4.98 Å². The molecule has 1 aliphatic rings. The summed E-state index contributed by atoms with van der Waals surface area (Å²) < 4.78 is 0. The molecular weight excluding hydrogens is 467 g/mol. The van der Waals surface area contributed by atoms with Gasteiger partial charge in [-0.15, -0.1) is 0 Å². The molecule has 0 N–H and O–H groups in total. The van der Waals surface area contributed by atoms with Gasteiger partial charge in [0.2, 0.25) is 0 Å². The Balaban J connectivity index is 1.65. The largest absolute Gasteiger partial charge is 0.256 e. The minimum atomic E-state index is -2.47. The van der Waals surface area contributed by atoms with Gasteiger partial charge in [0.1, 0.15) is 0 Å². The minimum absolute atomic E-state index is 1.07. The lowest BCUT2D eigenvalue weighted by Crippen LogP contribution is -2.72. The van der Waals surface area contributed by atoms with Gasteiger partial charge in [0, 0.05) is 11.8 Å². The molecule has 0 amide bonds. The maximum Gasteiger partial charge on any atom is 0.180 e. The first-order valence-electron chi connectivity index (χ1n) is 12.7. The summed E-state index contributed by atoms with van der Waals surface area (Å²) in [5, 5.41) is 7.24. The lowest BCUT2D eigenvalue weighted by Gasteiger charge is -2.31. The lowest BCUT2D eigenvalue weighted by atomic mass is 10.0. The second-order valence-corrected chi connectivity index (χ2v) is 19.7. The number of hydrogen-bond donors (Lipinski definition) is 0. The van der Waals surface area contributed by atoms with Crippen LogP contribution in [0.2, 0.25) is 19.6 Å². The van der Waals surface area contributed by atoms with Crippen LogP contribution in [0.15, 0.2) is 115 Å². The SMILES string of the molecule is Cc1cc(-c2ccc3c(c2)[Si](c2ccccc2)(c2ccccc2)c2ccccc2-3)ncc1[Si](C)(C)C. The van der Waals surface area contributed by atoms with Crippen molar-refractivity contribution < 1.29 is 0 Å². The van der Waals surface area contributed by atoms with Crippen LogP contribution >= 0.6 is 0 Å². The van der Waals surface area contributed by atoms with E-state index in [0.29, 0.717) is 0 Å². The van der Waals surface area contributed by atoms with Gasteiger partial charge in [0.05, 0.1) is 13.8 Å². The van der Waals surface area contributed by atoms with E-state index in [9.17, 15) is 0 Å². The monoisotopic (exact) mass is 497 g/mol. The number of aryl methyl sites for hydroxylation is 1. The Morgan fingerprint density at radius 1 is 0.611 bits per heavy atom. The fraction of sp³-hybridized carbons (Fsp3) is 0.121. The molecule has 0 saturated heterocycles. The van der Waals surface area contributed by atoms with Crippen LogP contribution < -0.4 is 25.9 Å². The first-order valence-corrected chi connectivity index (χ1v) is 18.2. The summed E-state index contributed by atoms with van der Waals surface area (Å²) in [5.41, 5.74) is 6.37. The van der Waals surface area contributed by atoms with Gasteiger partial charge < -0.3 is 0 Å². The van der Waals surface area contributed by atoms with E-state index in [2.05, 4.69) is 142 Å². The second kappa shape index (κ2) is 8.54. The molecule has 0 spiro atoms. The zero-order chi connectivity index (χ0) is 24.9. The quantitative estimate of drug-likeness (QED) is 0.314. The Labute approximate surface area is 216 Å². The average molecular weight is 498 g/mol. The second-order valence-electron chi connectivity index (χ2n) is 10.9. The zero-order valence-corrected chi connectivity index (χ0v) is 23.4. The number of rotatable bonds is 4. The van der Waals surface area contributed by atoms with Gasteiger partial charge in [-0.2, -0.15) is 0 Å². The Morgan fingerprint density at radius 3 is 1.81 bits per heavy atom. The van der Waals surface area contributed by atoms with Gasteiger partial charge in [0.15, 0.2) is 8.07 Å².